The third kappa shape index (κ3) is 27.6. The molecular formula is C73H100BrN19O20S. The van der Waals surface area contributed by atoms with E-state index < -0.39 is 233 Å². The number of carbonyl (C=O) groups is 16. The van der Waals surface area contributed by atoms with E-state index >= 15 is 9.59 Å². The molecule has 2 fully saturated rings. The van der Waals surface area contributed by atoms with Crippen molar-refractivity contribution in [2.24, 2.45) is 39.8 Å². The summed E-state index contributed by atoms with van der Waals surface area (Å²) in [6.45, 7) is 7.82. The lowest BCUT2D eigenvalue weighted by Crippen LogP contribution is -2.63. The largest absolute Gasteiger partial charge is 0.458 e. The number of nitrogens with zero attached hydrogens (tertiary/aromatic N) is 3. The van der Waals surface area contributed by atoms with Crippen LogP contribution < -0.4 is 81.4 Å². The van der Waals surface area contributed by atoms with Crippen molar-refractivity contribution in [1.29, 1.82) is 0 Å². The number of para-hydroxylation sites is 1. The van der Waals surface area contributed by atoms with Crippen LogP contribution in [0, 0.1) is 11.8 Å². The second kappa shape index (κ2) is 42.9. The van der Waals surface area contributed by atoms with Crippen LogP contribution >= 0.6 is 15.9 Å². The number of cyclic esters (lactones) is 1. The van der Waals surface area contributed by atoms with Gasteiger partial charge < -0.3 is 101 Å². The maximum Gasteiger partial charge on any atom is 0.329 e. The number of hydrogen-bond acceptors (Lipinski definition) is 20. The summed E-state index contributed by atoms with van der Waals surface area (Å²) in [5.41, 5.74) is 24.3. The predicted molar refractivity (Wildman–Crippen MR) is 414 cm³/mol. The van der Waals surface area contributed by atoms with E-state index in [9.17, 15) is 80.1 Å². The van der Waals surface area contributed by atoms with Gasteiger partial charge in [-0.25, -0.2) is 4.79 Å². The molecule has 0 radical (unpaired) electrons. The van der Waals surface area contributed by atoms with Crippen molar-refractivity contribution in [3.8, 4) is 0 Å². The molecule has 12 unspecified atom stereocenters. The van der Waals surface area contributed by atoms with Crippen molar-refractivity contribution in [3.63, 3.8) is 0 Å². The molecular weight excluding hydrogens is 1570 g/mol. The maximum atomic E-state index is 15.2. The molecule has 3 heterocycles. The van der Waals surface area contributed by atoms with Crippen LogP contribution in [0.25, 0.3) is 10.9 Å². The number of aliphatic imine (C=N–C) groups is 1. The molecule has 15 amide bonds. The normalized spacial score (nSPS) is 19.6. The Hall–Kier alpha value is -11.6. The molecule has 0 aliphatic carbocycles. The topological polar surface area (TPSA) is 608 Å². The van der Waals surface area contributed by atoms with Crippen molar-refractivity contribution in [3.05, 3.63) is 106 Å². The second-order valence-electron chi connectivity index (χ2n) is 28.4. The van der Waals surface area contributed by atoms with E-state index in [1.807, 2.05) is 0 Å². The van der Waals surface area contributed by atoms with E-state index in [0.717, 1.165) is 18.4 Å². The highest BCUT2D eigenvalue weighted by Gasteiger charge is 2.44. The van der Waals surface area contributed by atoms with Gasteiger partial charge in [0.15, 0.2) is 5.96 Å². The summed E-state index contributed by atoms with van der Waals surface area (Å²) in [4.78, 5) is 233. The van der Waals surface area contributed by atoms with Crippen molar-refractivity contribution in [2.75, 3.05) is 32.4 Å². The Balaban J connectivity index is 1.32. The second-order valence-corrected chi connectivity index (χ2v) is 30.8. The summed E-state index contributed by atoms with van der Waals surface area (Å²) in [6.07, 6.45) is -2.88. The number of nitrogens with one attached hydrogen (secondary N) is 12. The van der Waals surface area contributed by atoms with Crippen molar-refractivity contribution in [2.45, 2.75) is 184 Å². The third-order valence-corrected chi connectivity index (χ3v) is 20.1. The molecule has 13 atom stereocenters. The van der Waals surface area contributed by atoms with Crippen molar-refractivity contribution < 1.29 is 94.4 Å². The highest BCUT2D eigenvalue weighted by Crippen LogP contribution is 2.24. The van der Waals surface area contributed by atoms with Crippen molar-refractivity contribution in [1.82, 2.24) is 73.3 Å². The van der Waals surface area contributed by atoms with Crippen molar-refractivity contribution >= 4 is 138 Å². The molecule has 6 rings (SSSR count). The number of ether oxygens (including phenoxy) is 1. The fraction of sp³-hybridized carbons (Fsp3) is 0.493. The first-order chi connectivity index (χ1) is 53.7. The number of halogens is 1. The zero-order valence-corrected chi connectivity index (χ0v) is 66.3. The van der Waals surface area contributed by atoms with Gasteiger partial charge in [0.1, 0.15) is 84.4 Å². The van der Waals surface area contributed by atoms with Crippen LogP contribution in [0.4, 0.5) is 0 Å². The zero-order chi connectivity index (χ0) is 84.4. The molecule has 0 spiro atoms. The first-order valence-corrected chi connectivity index (χ1v) is 39.0. The number of nitrogens with two attached hydrogens (primary N) is 4. The highest BCUT2D eigenvalue weighted by atomic mass is 79.9. The lowest BCUT2D eigenvalue weighted by molar-refractivity contribution is -0.159. The van der Waals surface area contributed by atoms with Gasteiger partial charge in [-0.2, -0.15) is 8.42 Å². The number of primary amides is 2. The fourth-order valence-corrected chi connectivity index (χ4v) is 13.6. The standard InChI is InChI=1S/C73H100BrN19O20S/c1-37(2)58(90-69(106)59(38(3)4)89-67(104)54-20-14-28-93(54)70(107)50(87-61(98)39(5)82-36-94)30-42-21-23-44(74)24-22-42)68(105)86-49(31-43-33-80-46-18-12-11-17-45(43)46)64(101)84-47(19-13-27-79-73(77)78)63(100)88-52(35-114(110,111)112)65(102)91-60-40(6)113-72(109)51(32-56(76)96)83-57(97)34-81-62(99)48(29-41-15-9-8-10-16-41)85-66(103)53(25-26-55(75)95)92(7)71(60)108/h8-12,15-18,21-24,33,36-40,47-54,58-60,80H,13-14,19-20,25-32,34-35H2,1-7H3,(H2,75,95)(H2,76,96)(H,81,99)(H,82,94)(H,83,97)(H,84,101)(H,85,103)(H,86,105)(H,87,98)(H,88,100)(H,89,104)(H,90,106)(H,91,102)(H4,77,78,79)(H,110,111,112)/t39?,40?,47?,48?,49?,50?,51?,52?,53-,54?,58?,59?,60?/m0/s1. The first kappa shape index (κ1) is 91.3. The zero-order valence-electron chi connectivity index (χ0n) is 63.9. The molecule has 2 saturated heterocycles. The number of amides is 15. The molecule has 41 heteroatoms. The van der Waals surface area contributed by atoms with Gasteiger partial charge in [0, 0.05) is 67.4 Å². The average Bonchev–Trinajstić information content (AvgIpc) is 1.61. The summed E-state index contributed by atoms with van der Waals surface area (Å²) in [5.74, 6) is -19.7. The molecule has 2 aliphatic heterocycles. The third-order valence-electron chi connectivity index (χ3n) is 18.8. The van der Waals surface area contributed by atoms with Gasteiger partial charge in [-0.15, -0.1) is 0 Å². The number of esters is 1. The Kier molecular flexibility index (Phi) is 34.3. The number of fused-ring (bicyclic) bond motifs is 1. The number of H-pyrrole nitrogens is 1. The van der Waals surface area contributed by atoms with Gasteiger partial charge in [-0.3, -0.25) is 81.5 Å². The van der Waals surface area contributed by atoms with Gasteiger partial charge in [0.2, 0.25) is 89.1 Å². The number of aromatic amines is 1. The fourth-order valence-electron chi connectivity index (χ4n) is 12.7. The van der Waals surface area contributed by atoms with E-state index in [0.29, 0.717) is 45.3 Å². The van der Waals surface area contributed by atoms with E-state index in [1.54, 1.807) is 113 Å². The molecule has 114 heavy (non-hydrogen) atoms. The maximum absolute atomic E-state index is 15.2. The van der Waals surface area contributed by atoms with E-state index in [1.165, 1.54) is 11.8 Å². The van der Waals surface area contributed by atoms with Gasteiger partial charge in [0.25, 0.3) is 10.1 Å². The van der Waals surface area contributed by atoms with Gasteiger partial charge >= 0.3 is 5.97 Å². The molecule has 0 saturated carbocycles. The average molecular weight is 1680 g/mol. The molecule has 1 aromatic heterocycles. The van der Waals surface area contributed by atoms with E-state index in [2.05, 4.69) is 84.4 Å². The molecule has 4 aromatic rings. The minimum atomic E-state index is -5.40. The lowest BCUT2D eigenvalue weighted by Gasteiger charge is -2.34. The monoisotopic (exact) mass is 1670 g/mol. The number of guanidine groups is 1. The number of benzene rings is 3. The molecule has 21 N–H and O–H groups in total. The van der Waals surface area contributed by atoms with E-state index in [4.69, 9.17) is 27.7 Å². The Morgan fingerprint density at radius 1 is 0.702 bits per heavy atom. The molecule has 39 nitrogen and oxygen atoms in total. The summed E-state index contributed by atoms with van der Waals surface area (Å²) in [7, 11) is -4.39. The number of hydrogen-bond donors (Lipinski definition) is 17. The first-order valence-electron chi connectivity index (χ1n) is 36.6. The quantitative estimate of drug-likeness (QED) is 0.00512. The minimum absolute atomic E-state index is 0.00210. The summed E-state index contributed by atoms with van der Waals surface area (Å²) >= 11 is 3.39. The molecule has 3 aromatic carbocycles. The highest BCUT2D eigenvalue weighted by molar-refractivity contribution is 9.10. The molecule has 0 bridgehead atoms. The smallest absolute Gasteiger partial charge is 0.329 e. The Labute approximate surface area is 665 Å². The van der Waals surface area contributed by atoms with Gasteiger partial charge in [-0.1, -0.05) is 104 Å². The Morgan fingerprint density at radius 3 is 1.95 bits per heavy atom. The van der Waals surface area contributed by atoms with Crippen LogP contribution in [0.3, 0.4) is 0 Å². The summed E-state index contributed by atoms with van der Waals surface area (Å²) < 4.78 is 42.7. The number of likely N-dealkylation sites (tertiary alicyclic amines) is 1. The Bertz CT molecular complexity index is 4320. The van der Waals surface area contributed by atoms with Crippen LogP contribution in [0.5, 0.6) is 0 Å². The van der Waals surface area contributed by atoms with Crippen LogP contribution in [0.15, 0.2) is 94.5 Å². The number of likely N-dealkylation sites (N-methyl/N-ethyl adjacent to an activating group) is 1. The van der Waals surface area contributed by atoms with Crippen LogP contribution in [-0.2, 0) is 111 Å². The van der Waals surface area contributed by atoms with Crippen LogP contribution in [0.1, 0.15) is 103 Å². The molecule has 620 valence electrons. The number of rotatable bonds is 36. The summed E-state index contributed by atoms with van der Waals surface area (Å²) in [5, 5.41) is 27.8. The molecule has 2 aliphatic rings. The predicted octanol–water partition coefficient (Wildman–Crippen LogP) is -4.27. The minimum Gasteiger partial charge on any atom is -0.458 e. The lowest BCUT2D eigenvalue weighted by atomic mass is 9.98. The number of carbonyl (C=O) groups excluding carboxylic acids is 16. The SMILES string of the molecule is CC(NC=O)C(=O)NC(Cc1ccc(Br)cc1)C(=O)N1CCCC1C(=O)NC(C(=O)NC(C(=O)NC(Cc1c[nH]c2ccccc12)C(=O)NC(CCCN=C(N)N)C(=O)NC(CS(=O)(=O)O)C(=O)NC1C(=O)N(C)[C@@H](CCC(N)=O)C(=O)NC(Cc2ccccc2)C(=O)NCC(=O)NC(CC(N)=O)C(=O)OC1C)C(C)C)C(C)C. The summed E-state index contributed by atoms with van der Waals surface area (Å²) in [6, 6.07) is 2.11. The van der Waals surface area contributed by atoms with E-state index in [-0.39, 0.29) is 45.2 Å². The van der Waals surface area contributed by atoms with Gasteiger partial charge in [-0.05, 0) is 92.7 Å². The van der Waals surface area contributed by atoms with Crippen LogP contribution in [0.2, 0.25) is 0 Å². The van der Waals surface area contributed by atoms with Gasteiger partial charge in [0.05, 0.1) is 13.0 Å². The Morgan fingerprint density at radius 2 is 1.32 bits per heavy atom. The number of aromatic nitrogens is 1. The van der Waals surface area contributed by atoms with Crippen LogP contribution in [-0.4, -0.2) is 240 Å².